The quantitative estimate of drug-likeness (QED) is 0.428. The molecule has 0 bridgehead atoms. The maximum absolute atomic E-state index is 13.1. The van der Waals surface area contributed by atoms with E-state index in [1.807, 2.05) is 6.07 Å². The molecule has 1 saturated heterocycles. The topological polar surface area (TPSA) is 100 Å². The average Bonchev–Trinajstić information content (AvgIpc) is 3.60. The van der Waals surface area contributed by atoms with Crippen molar-refractivity contribution < 1.29 is 23.4 Å². The van der Waals surface area contributed by atoms with Crippen LogP contribution in [0, 0.1) is 0 Å². The van der Waals surface area contributed by atoms with Crippen LogP contribution in [-0.4, -0.2) is 45.4 Å². The molecule has 3 N–H and O–H groups in total. The Kier molecular flexibility index (Phi) is 6.15. The van der Waals surface area contributed by atoms with Crippen molar-refractivity contribution in [2.24, 2.45) is 4.99 Å². The summed E-state index contributed by atoms with van der Waals surface area (Å²) in [5.74, 6) is 0.243. The van der Waals surface area contributed by atoms with Crippen LogP contribution in [0.15, 0.2) is 65.7 Å². The van der Waals surface area contributed by atoms with Crippen LogP contribution < -0.4 is 10.6 Å². The Morgan fingerprint density at radius 1 is 1.42 bits per heavy atom. The summed E-state index contributed by atoms with van der Waals surface area (Å²) in [7, 11) is 0. The molecule has 10 heteroatoms. The van der Waals surface area contributed by atoms with Crippen molar-refractivity contribution in [2.45, 2.75) is 31.9 Å². The van der Waals surface area contributed by atoms with Gasteiger partial charge in [0.05, 0.1) is 29.7 Å². The molecule has 0 saturated carbocycles. The van der Waals surface area contributed by atoms with E-state index in [2.05, 4.69) is 27.2 Å². The Morgan fingerprint density at radius 3 is 2.97 bits per heavy atom. The molecule has 3 aromatic rings. The predicted octanol–water partition coefficient (Wildman–Crippen LogP) is 4.23. The fraction of sp³-hybridized carbons (Fsp3) is 0.269. The van der Waals surface area contributed by atoms with Gasteiger partial charge in [0.25, 0.3) is 12.3 Å². The highest BCUT2D eigenvalue weighted by molar-refractivity contribution is 6.05. The Labute approximate surface area is 206 Å². The summed E-state index contributed by atoms with van der Waals surface area (Å²) in [5.41, 5.74) is 2.89. The lowest BCUT2D eigenvalue weighted by Crippen LogP contribution is -2.31. The first-order valence-corrected chi connectivity index (χ1v) is 11.5. The van der Waals surface area contributed by atoms with Crippen LogP contribution in [-0.2, 0) is 11.3 Å². The standard InChI is InChI=1S/C26H25F2N5O3/c1-3-21(29-11-15(2)26(35)7-9-36-14-26)32-19-5-4-17(18-12-31-25(34)23(18)19)20-13-30-22-10-16(24(27)28)6-8-33(20)22/h3-6,8,10-11,13,24,32,35H,2,7,9,12,14H2,1H3,(H,31,34)/b21-3+,29-11-/t26-/m0/s1. The van der Waals surface area contributed by atoms with Crippen LogP contribution in [0.4, 0.5) is 14.5 Å². The maximum atomic E-state index is 13.1. The number of rotatable bonds is 7. The number of aromatic nitrogens is 2. The van der Waals surface area contributed by atoms with Crippen LogP contribution in [0.25, 0.3) is 16.9 Å². The zero-order valence-corrected chi connectivity index (χ0v) is 19.6. The number of aliphatic imine (C=N–C) groups is 1. The van der Waals surface area contributed by atoms with E-state index in [9.17, 15) is 18.7 Å². The molecular weight excluding hydrogens is 468 g/mol. The number of nitrogens with one attached hydrogen (secondary N) is 2. The van der Waals surface area contributed by atoms with Gasteiger partial charge >= 0.3 is 0 Å². The minimum atomic E-state index is -2.58. The molecule has 0 unspecified atom stereocenters. The number of carbonyl (C=O) groups excluding carboxylic acids is 1. The lowest BCUT2D eigenvalue weighted by molar-refractivity contribution is 0.0640. The summed E-state index contributed by atoms with van der Waals surface area (Å²) < 4.78 is 33.2. The summed E-state index contributed by atoms with van der Waals surface area (Å²) in [4.78, 5) is 21.5. The van der Waals surface area contributed by atoms with Crippen molar-refractivity contribution >= 4 is 23.5 Å². The number of fused-ring (bicyclic) bond motifs is 2. The molecule has 4 heterocycles. The van der Waals surface area contributed by atoms with Crippen molar-refractivity contribution in [2.75, 3.05) is 18.5 Å². The number of hydrogen-bond donors (Lipinski definition) is 3. The second-order valence-electron chi connectivity index (χ2n) is 8.75. The lowest BCUT2D eigenvalue weighted by Gasteiger charge is -2.20. The van der Waals surface area contributed by atoms with Crippen LogP contribution in [0.2, 0.25) is 0 Å². The number of aliphatic hydroxyl groups is 1. The fourth-order valence-corrected chi connectivity index (χ4v) is 4.42. The number of pyridine rings is 1. The lowest BCUT2D eigenvalue weighted by atomic mass is 9.95. The molecule has 0 radical (unpaired) electrons. The monoisotopic (exact) mass is 493 g/mol. The van der Waals surface area contributed by atoms with Crippen LogP contribution >= 0.6 is 0 Å². The molecule has 8 nitrogen and oxygen atoms in total. The number of anilines is 1. The molecule has 1 atom stereocenters. The van der Waals surface area contributed by atoms with Crippen LogP contribution in [0.1, 0.15) is 41.3 Å². The van der Waals surface area contributed by atoms with Gasteiger partial charge < -0.3 is 20.5 Å². The van der Waals surface area contributed by atoms with Gasteiger partial charge in [0, 0.05) is 43.1 Å². The molecule has 1 fully saturated rings. The molecule has 5 rings (SSSR count). The fourth-order valence-electron chi connectivity index (χ4n) is 4.42. The number of halogens is 2. The highest BCUT2D eigenvalue weighted by atomic mass is 19.3. The SMILES string of the molecule is C=C(/C=N\C(=C/C)Nc1ccc(-c2cnc3cc(C(F)F)ccn23)c2c1C(=O)NC2)[C@]1(O)CCOC1. The van der Waals surface area contributed by atoms with Gasteiger partial charge in [-0.15, -0.1) is 0 Å². The smallest absolute Gasteiger partial charge is 0.264 e. The summed E-state index contributed by atoms with van der Waals surface area (Å²) in [6.45, 7) is 6.69. The van der Waals surface area contributed by atoms with E-state index in [-0.39, 0.29) is 18.1 Å². The third kappa shape index (κ3) is 4.18. The number of imidazole rings is 1. The molecular formula is C26H25F2N5O3. The minimum Gasteiger partial charge on any atom is -0.383 e. The van der Waals surface area contributed by atoms with E-state index in [1.165, 1.54) is 18.3 Å². The molecule has 0 aliphatic carbocycles. The second-order valence-corrected chi connectivity index (χ2v) is 8.75. The molecule has 1 amide bonds. The van der Waals surface area contributed by atoms with Gasteiger partial charge in [0.15, 0.2) is 0 Å². The molecule has 0 spiro atoms. The number of ether oxygens (including phenoxy) is 1. The van der Waals surface area contributed by atoms with E-state index in [1.54, 1.807) is 35.9 Å². The number of nitrogens with zero attached hydrogens (tertiary/aromatic N) is 3. The largest absolute Gasteiger partial charge is 0.383 e. The molecule has 2 aromatic heterocycles. The Bertz CT molecular complexity index is 1420. The summed E-state index contributed by atoms with van der Waals surface area (Å²) in [6, 6.07) is 6.35. The highest BCUT2D eigenvalue weighted by Gasteiger charge is 2.34. The van der Waals surface area contributed by atoms with Gasteiger partial charge in [-0.05, 0) is 42.3 Å². The number of benzene rings is 1. The van der Waals surface area contributed by atoms with Gasteiger partial charge in [-0.25, -0.2) is 18.8 Å². The van der Waals surface area contributed by atoms with Gasteiger partial charge in [0.1, 0.15) is 17.1 Å². The van der Waals surface area contributed by atoms with Gasteiger partial charge in [0.2, 0.25) is 0 Å². The van der Waals surface area contributed by atoms with Crippen molar-refractivity contribution in [1.82, 2.24) is 14.7 Å². The van der Waals surface area contributed by atoms with E-state index in [0.717, 1.165) is 11.1 Å². The first-order valence-electron chi connectivity index (χ1n) is 11.5. The summed E-state index contributed by atoms with van der Waals surface area (Å²) >= 11 is 0. The van der Waals surface area contributed by atoms with Crippen molar-refractivity contribution in [3.05, 3.63) is 77.4 Å². The second kappa shape index (κ2) is 9.29. The number of amides is 1. The van der Waals surface area contributed by atoms with Crippen molar-refractivity contribution in [1.29, 1.82) is 0 Å². The van der Waals surface area contributed by atoms with Gasteiger partial charge in [-0.3, -0.25) is 9.20 Å². The first-order chi connectivity index (χ1) is 17.3. The molecule has 36 heavy (non-hydrogen) atoms. The van der Waals surface area contributed by atoms with Gasteiger partial charge in [-0.2, -0.15) is 0 Å². The molecule has 2 aliphatic rings. The maximum Gasteiger partial charge on any atom is 0.264 e. The normalized spacial score (nSPS) is 19.9. The van der Waals surface area contributed by atoms with Crippen molar-refractivity contribution in [3.63, 3.8) is 0 Å². The predicted molar refractivity (Wildman–Crippen MR) is 132 cm³/mol. The van der Waals surface area contributed by atoms with E-state index in [0.29, 0.717) is 53.6 Å². The number of allylic oxidation sites excluding steroid dienone is 1. The van der Waals surface area contributed by atoms with E-state index < -0.39 is 12.0 Å². The van der Waals surface area contributed by atoms with E-state index in [4.69, 9.17) is 4.74 Å². The third-order valence-corrected chi connectivity index (χ3v) is 6.53. The Morgan fingerprint density at radius 2 is 2.25 bits per heavy atom. The Balaban J connectivity index is 1.46. The third-order valence-electron chi connectivity index (χ3n) is 6.53. The van der Waals surface area contributed by atoms with Crippen LogP contribution in [0.3, 0.4) is 0 Å². The summed E-state index contributed by atoms with van der Waals surface area (Å²) in [6.07, 6.45) is 4.29. The zero-order valence-electron chi connectivity index (χ0n) is 19.6. The minimum absolute atomic E-state index is 0.101. The molecule has 1 aromatic carbocycles. The number of carbonyl (C=O) groups is 1. The summed E-state index contributed by atoms with van der Waals surface area (Å²) in [5, 5.41) is 16.6. The molecule has 2 aliphatic heterocycles. The molecule has 186 valence electrons. The van der Waals surface area contributed by atoms with Crippen molar-refractivity contribution in [3.8, 4) is 11.3 Å². The number of alkyl halides is 2. The Hall–Kier alpha value is -3.89. The van der Waals surface area contributed by atoms with Crippen LogP contribution in [0.5, 0.6) is 0 Å². The average molecular weight is 494 g/mol. The number of hydrogen-bond acceptors (Lipinski definition) is 6. The van der Waals surface area contributed by atoms with E-state index >= 15 is 0 Å². The first kappa shape index (κ1) is 23.8. The van der Waals surface area contributed by atoms with Gasteiger partial charge in [-0.1, -0.05) is 12.6 Å². The highest BCUT2D eigenvalue weighted by Crippen LogP contribution is 2.35. The zero-order chi connectivity index (χ0) is 25.4.